The summed E-state index contributed by atoms with van der Waals surface area (Å²) in [6, 6.07) is 0. The molecule has 2 atom stereocenters. The third-order valence-corrected chi connectivity index (χ3v) is 0.865. The Morgan fingerprint density at radius 1 is 1.33 bits per heavy atom. The van der Waals surface area contributed by atoms with Crippen molar-refractivity contribution < 1.29 is 20.4 Å². The fraction of sp³-hybridized carbons (Fsp3) is 0.600. The average Bonchev–Trinajstić information content (AvgIpc) is 1.87. The molecule has 0 amide bonds. The summed E-state index contributed by atoms with van der Waals surface area (Å²) in [6.45, 7) is -0.522. The summed E-state index contributed by atoms with van der Waals surface area (Å²) in [5.41, 5.74) is 0. The van der Waals surface area contributed by atoms with Crippen LogP contribution < -0.4 is 0 Å². The van der Waals surface area contributed by atoms with Crippen LogP contribution in [0.15, 0.2) is 12.3 Å². The van der Waals surface area contributed by atoms with Crippen molar-refractivity contribution in [2.24, 2.45) is 0 Å². The van der Waals surface area contributed by atoms with E-state index in [9.17, 15) is 0 Å². The topological polar surface area (TPSA) is 80.9 Å². The van der Waals surface area contributed by atoms with Gasteiger partial charge in [0.1, 0.15) is 12.2 Å². The van der Waals surface area contributed by atoms with E-state index in [1.807, 2.05) is 0 Å². The highest BCUT2D eigenvalue weighted by atomic mass is 16.4. The largest absolute Gasteiger partial charge is 0.516 e. The van der Waals surface area contributed by atoms with Crippen molar-refractivity contribution in [1.29, 1.82) is 0 Å². The molecule has 4 nitrogen and oxygen atoms in total. The molecule has 0 aliphatic heterocycles. The van der Waals surface area contributed by atoms with Gasteiger partial charge >= 0.3 is 0 Å². The first-order valence-electron chi connectivity index (χ1n) is 2.50. The van der Waals surface area contributed by atoms with Crippen molar-refractivity contribution in [3.8, 4) is 0 Å². The highest BCUT2D eigenvalue weighted by Gasteiger charge is 2.10. The smallest absolute Gasteiger partial charge is 0.107 e. The van der Waals surface area contributed by atoms with Crippen LogP contribution >= 0.6 is 0 Å². The minimum Gasteiger partial charge on any atom is -0.516 e. The highest BCUT2D eigenvalue weighted by Crippen LogP contribution is 1.92. The van der Waals surface area contributed by atoms with E-state index in [4.69, 9.17) is 20.4 Å². The highest BCUT2D eigenvalue weighted by molar-refractivity contribution is 4.86. The Hall–Kier alpha value is -0.580. The molecule has 0 fully saturated rings. The van der Waals surface area contributed by atoms with Crippen LogP contribution in [0.2, 0.25) is 0 Å². The van der Waals surface area contributed by atoms with Crippen LogP contribution in [0.4, 0.5) is 0 Å². The fourth-order valence-corrected chi connectivity index (χ4v) is 0.324. The first-order chi connectivity index (χ1) is 4.22. The van der Waals surface area contributed by atoms with Gasteiger partial charge in [-0.05, 0) is 6.08 Å². The molecule has 0 rings (SSSR count). The Morgan fingerprint density at radius 3 is 2.22 bits per heavy atom. The number of hydrogen-bond donors (Lipinski definition) is 4. The molecule has 0 bridgehead atoms. The molecule has 4 heteroatoms. The van der Waals surface area contributed by atoms with Gasteiger partial charge in [-0.2, -0.15) is 0 Å². The summed E-state index contributed by atoms with van der Waals surface area (Å²) in [6.07, 6.45) is -0.821. The van der Waals surface area contributed by atoms with E-state index in [1.54, 1.807) is 0 Å². The van der Waals surface area contributed by atoms with Gasteiger partial charge in [-0.1, -0.05) is 0 Å². The van der Waals surface area contributed by atoms with E-state index in [0.717, 1.165) is 6.08 Å². The minimum absolute atomic E-state index is 0.522. The summed E-state index contributed by atoms with van der Waals surface area (Å²) in [4.78, 5) is 0. The molecular weight excluding hydrogens is 124 g/mol. The summed E-state index contributed by atoms with van der Waals surface area (Å²) >= 11 is 0. The zero-order chi connectivity index (χ0) is 7.28. The lowest BCUT2D eigenvalue weighted by Gasteiger charge is -2.09. The fourth-order valence-electron chi connectivity index (χ4n) is 0.324. The second-order valence-corrected chi connectivity index (χ2v) is 1.58. The molecule has 0 aromatic heterocycles. The van der Waals surface area contributed by atoms with Crippen LogP contribution in [0, 0.1) is 0 Å². The Bertz CT molecular complexity index is 91.0. The molecule has 9 heavy (non-hydrogen) atoms. The van der Waals surface area contributed by atoms with Gasteiger partial charge in [-0.25, -0.2) is 0 Å². The van der Waals surface area contributed by atoms with E-state index < -0.39 is 18.8 Å². The minimum atomic E-state index is -1.21. The number of hydrogen-bond acceptors (Lipinski definition) is 4. The van der Waals surface area contributed by atoms with Gasteiger partial charge in [0.2, 0.25) is 0 Å². The van der Waals surface area contributed by atoms with Crippen LogP contribution in [0.3, 0.4) is 0 Å². The lowest BCUT2D eigenvalue weighted by atomic mass is 10.2. The molecule has 2 unspecified atom stereocenters. The SMILES string of the molecule is OC=CC(O)C(O)CO. The Kier molecular flexibility index (Phi) is 4.04. The third kappa shape index (κ3) is 3.07. The first kappa shape index (κ1) is 8.42. The van der Waals surface area contributed by atoms with E-state index in [-0.39, 0.29) is 0 Å². The molecule has 0 saturated heterocycles. The molecular formula is C5H10O4. The van der Waals surface area contributed by atoms with Crippen molar-refractivity contribution in [3.05, 3.63) is 12.3 Å². The number of rotatable bonds is 3. The van der Waals surface area contributed by atoms with Crippen LogP contribution in [-0.4, -0.2) is 39.2 Å². The van der Waals surface area contributed by atoms with Crippen molar-refractivity contribution in [2.45, 2.75) is 12.2 Å². The normalized spacial score (nSPS) is 18.1. The predicted molar refractivity (Wildman–Crippen MR) is 30.9 cm³/mol. The maximum Gasteiger partial charge on any atom is 0.107 e. The van der Waals surface area contributed by atoms with E-state index in [0.29, 0.717) is 6.26 Å². The van der Waals surface area contributed by atoms with E-state index in [1.165, 1.54) is 0 Å². The average molecular weight is 134 g/mol. The van der Waals surface area contributed by atoms with Crippen LogP contribution in [0.1, 0.15) is 0 Å². The van der Waals surface area contributed by atoms with Gasteiger partial charge in [0.15, 0.2) is 0 Å². The van der Waals surface area contributed by atoms with Crippen LogP contribution in [-0.2, 0) is 0 Å². The molecule has 0 aromatic carbocycles. The Morgan fingerprint density at radius 2 is 1.89 bits per heavy atom. The van der Waals surface area contributed by atoms with Crippen molar-refractivity contribution >= 4 is 0 Å². The van der Waals surface area contributed by atoms with Gasteiger partial charge < -0.3 is 20.4 Å². The monoisotopic (exact) mass is 134 g/mol. The zero-order valence-corrected chi connectivity index (χ0v) is 4.81. The van der Waals surface area contributed by atoms with Crippen LogP contribution in [0.25, 0.3) is 0 Å². The standard InChI is InChI=1S/C5H10O4/c6-2-1-4(8)5(9)3-7/h1-2,4-9H,3H2. The van der Waals surface area contributed by atoms with Crippen LogP contribution in [0.5, 0.6) is 0 Å². The van der Waals surface area contributed by atoms with E-state index >= 15 is 0 Å². The Labute approximate surface area is 52.7 Å². The zero-order valence-electron chi connectivity index (χ0n) is 4.81. The second-order valence-electron chi connectivity index (χ2n) is 1.58. The molecule has 54 valence electrons. The van der Waals surface area contributed by atoms with Crippen molar-refractivity contribution in [1.82, 2.24) is 0 Å². The quantitative estimate of drug-likeness (QED) is 0.364. The molecule has 0 saturated carbocycles. The third-order valence-electron chi connectivity index (χ3n) is 0.865. The van der Waals surface area contributed by atoms with Gasteiger partial charge in [0.25, 0.3) is 0 Å². The summed E-state index contributed by atoms with van der Waals surface area (Å²) < 4.78 is 0. The molecule has 4 N–H and O–H groups in total. The van der Waals surface area contributed by atoms with Gasteiger partial charge in [0.05, 0.1) is 12.9 Å². The number of aliphatic hydroxyl groups excluding tert-OH is 4. The molecule has 0 radical (unpaired) electrons. The second kappa shape index (κ2) is 4.31. The summed E-state index contributed by atoms with van der Waals surface area (Å²) in [5.74, 6) is 0. The lowest BCUT2D eigenvalue weighted by Crippen LogP contribution is -2.27. The number of aliphatic hydroxyl groups is 4. The predicted octanol–water partition coefficient (Wildman–Crippen LogP) is -1.23. The Balaban J connectivity index is 3.58. The van der Waals surface area contributed by atoms with Gasteiger partial charge in [-0.3, -0.25) is 0 Å². The van der Waals surface area contributed by atoms with Crippen molar-refractivity contribution in [2.75, 3.05) is 6.61 Å². The molecule has 0 aromatic rings. The maximum atomic E-state index is 8.66. The first-order valence-corrected chi connectivity index (χ1v) is 2.50. The van der Waals surface area contributed by atoms with Crippen molar-refractivity contribution in [3.63, 3.8) is 0 Å². The van der Waals surface area contributed by atoms with Gasteiger partial charge in [0, 0.05) is 0 Å². The summed E-state index contributed by atoms with van der Waals surface area (Å²) in [7, 11) is 0. The summed E-state index contributed by atoms with van der Waals surface area (Å²) in [5, 5.41) is 33.5. The molecule has 0 spiro atoms. The molecule has 0 aliphatic rings. The lowest BCUT2D eigenvalue weighted by molar-refractivity contribution is 0.00875. The molecule has 0 heterocycles. The maximum absolute atomic E-state index is 8.66. The molecule has 0 aliphatic carbocycles. The van der Waals surface area contributed by atoms with Gasteiger partial charge in [-0.15, -0.1) is 0 Å². The van der Waals surface area contributed by atoms with E-state index in [2.05, 4.69) is 0 Å².